The number of fused-ring (bicyclic) bond motifs is 2. The second-order valence-electron chi connectivity index (χ2n) is 6.12. The first-order valence-corrected chi connectivity index (χ1v) is 7.52. The molecular weight excluding hydrogens is 242 g/mol. The van der Waals surface area contributed by atoms with Crippen LogP contribution in [0.1, 0.15) is 24.0 Å². The molecule has 0 N–H and O–H groups in total. The predicted molar refractivity (Wildman–Crippen MR) is 86.0 cm³/mol. The van der Waals surface area contributed by atoms with E-state index in [1.165, 1.54) is 37.9 Å². The highest BCUT2D eigenvalue weighted by atomic mass is 15.2. The van der Waals surface area contributed by atoms with Gasteiger partial charge in [-0.15, -0.1) is 0 Å². The van der Waals surface area contributed by atoms with Gasteiger partial charge in [0, 0.05) is 25.0 Å². The van der Waals surface area contributed by atoms with Crippen LogP contribution in [0.3, 0.4) is 0 Å². The molecule has 0 bridgehead atoms. The molecule has 1 aliphatic heterocycles. The fourth-order valence-electron chi connectivity index (χ4n) is 3.85. The number of likely N-dealkylation sites (tertiary alicyclic amines) is 1. The second kappa shape index (κ2) is 5.41. The van der Waals surface area contributed by atoms with Gasteiger partial charge in [0.05, 0.1) is 0 Å². The minimum absolute atomic E-state index is 0.426. The highest BCUT2D eigenvalue weighted by molar-refractivity contribution is 5.40. The zero-order valence-corrected chi connectivity index (χ0v) is 12.1. The van der Waals surface area contributed by atoms with Crippen LogP contribution < -0.4 is 0 Å². The highest BCUT2D eigenvalue weighted by Crippen LogP contribution is 2.44. The molecule has 1 aliphatic carbocycles. The average molecular weight is 265 g/mol. The van der Waals surface area contributed by atoms with E-state index in [-0.39, 0.29) is 0 Å². The minimum Gasteiger partial charge on any atom is -0.297 e. The van der Waals surface area contributed by atoms with Crippen LogP contribution in [-0.4, -0.2) is 24.5 Å². The third-order valence-corrected chi connectivity index (χ3v) is 4.74. The Morgan fingerprint density at radius 3 is 2.80 bits per heavy atom. The highest BCUT2D eigenvalue weighted by Gasteiger charge is 2.46. The first-order valence-electron chi connectivity index (χ1n) is 7.52. The van der Waals surface area contributed by atoms with Gasteiger partial charge in [-0.3, -0.25) is 4.90 Å². The van der Waals surface area contributed by atoms with Crippen molar-refractivity contribution in [3.8, 4) is 0 Å². The maximum absolute atomic E-state index is 3.89. The first kappa shape index (κ1) is 13.4. The van der Waals surface area contributed by atoms with Gasteiger partial charge in [0.15, 0.2) is 0 Å². The van der Waals surface area contributed by atoms with Crippen LogP contribution in [0.5, 0.6) is 0 Å². The van der Waals surface area contributed by atoms with E-state index in [2.05, 4.69) is 48.4 Å². The van der Waals surface area contributed by atoms with E-state index < -0.39 is 0 Å². The largest absolute Gasteiger partial charge is 0.297 e. The number of nitrogens with zero attached hydrogens (tertiary/aromatic N) is 1. The Morgan fingerprint density at radius 2 is 2.05 bits per heavy atom. The molecule has 0 radical (unpaired) electrons. The number of allylic oxidation sites excluding steroid dienone is 2. The summed E-state index contributed by atoms with van der Waals surface area (Å²) in [6.07, 6.45) is 9.79. The summed E-state index contributed by atoms with van der Waals surface area (Å²) >= 11 is 0. The lowest BCUT2D eigenvalue weighted by Crippen LogP contribution is -2.60. The molecule has 3 rings (SSSR count). The first-order chi connectivity index (χ1) is 9.77. The summed E-state index contributed by atoms with van der Waals surface area (Å²) < 4.78 is 0. The molecule has 1 fully saturated rings. The third kappa shape index (κ3) is 2.27. The molecule has 1 spiro atoms. The van der Waals surface area contributed by atoms with E-state index >= 15 is 0 Å². The predicted octanol–water partition coefficient (Wildman–Crippen LogP) is 3.87. The quantitative estimate of drug-likeness (QED) is 0.747. The van der Waals surface area contributed by atoms with Gasteiger partial charge in [-0.05, 0) is 36.0 Å². The Morgan fingerprint density at radius 1 is 1.25 bits per heavy atom. The molecule has 0 atom stereocenters. The smallest absolute Gasteiger partial charge is 0.0234 e. The standard InChI is InChI=1S/C19H23N/c1-3-8-16(4-2)13-20-14-19(15-20)12-7-10-17-9-5-6-11-18(17)19/h3-6,8-9,11H,1-2,7,10,12-15H2/b16-8+. The van der Waals surface area contributed by atoms with Crippen LogP contribution in [0.2, 0.25) is 0 Å². The van der Waals surface area contributed by atoms with Gasteiger partial charge in [0.2, 0.25) is 0 Å². The Hall–Kier alpha value is -1.60. The summed E-state index contributed by atoms with van der Waals surface area (Å²) in [5.41, 5.74) is 4.87. The molecule has 0 saturated carbocycles. The molecule has 1 nitrogen and oxygen atoms in total. The SMILES string of the molecule is C=C/C=C(\C=C)CN1CC2(CCCc3ccccc32)C1. The number of benzene rings is 1. The molecule has 0 aromatic heterocycles. The lowest BCUT2D eigenvalue weighted by Gasteiger charge is -2.53. The molecule has 104 valence electrons. The molecule has 0 amide bonds. The van der Waals surface area contributed by atoms with Crippen molar-refractivity contribution in [1.82, 2.24) is 4.90 Å². The zero-order valence-electron chi connectivity index (χ0n) is 12.1. The van der Waals surface area contributed by atoms with Crippen molar-refractivity contribution in [1.29, 1.82) is 0 Å². The lowest BCUT2D eigenvalue weighted by atomic mass is 9.65. The monoisotopic (exact) mass is 265 g/mol. The number of hydrogen-bond donors (Lipinski definition) is 0. The molecule has 1 heterocycles. The van der Waals surface area contributed by atoms with E-state index in [1.807, 2.05) is 12.2 Å². The molecule has 1 aromatic rings. The summed E-state index contributed by atoms with van der Waals surface area (Å²) in [6, 6.07) is 9.03. The van der Waals surface area contributed by atoms with Crippen molar-refractivity contribution in [2.24, 2.45) is 0 Å². The van der Waals surface area contributed by atoms with Crippen LogP contribution in [0.25, 0.3) is 0 Å². The normalized spacial score (nSPS) is 21.1. The van der Waals surface area contributed by atoms with E-state index in [1.54, 1.807) is 11.1 Å². The molecule has 0 unspecified atom stereocenters. The van der Waals surface area contributed by atoms with E-state index in [9.17, 15) is 0 Å². The van der Waals surface area contributed by atoms with Gasteiger partial charge in [-0.2, -0.15) is 0 Å². The van der Waals surface area contributed by atoms with Crippen molar-refractivity contribution in [3.63, 3.8) is 0 Å². The second-order valence-corrected chi connectivity index (χ2v) is 6.12. The minimum atomic E-state index is 0.426. The fraction of sp³-hybridized carbons (Fsp3) is 0.368. The molecule has 20 heavy (non-hydrogen) atoms. The van der Waals surface area contributed by atoms with E-state index in [0.29, 0.717) is 5.41 Å². The van der Waals surface area contributed by atoms with E-state index in [0.717, 1.165) is 6.54 Å². The van der Waals surface area contributed by atoms with E-state index in [4.69, 9.17) is 0 Å². The van der Waals surface area contributed by atoms with Crippen molar-refractivity contribution in [2.45, 2.75) is 24.7 Å². The zero-order chi connectivity index (χ0) is 14.0. The Labute approximate surface area is 122 Å². The molecular formula is C19H23N. The molecule has 1 heteroatoms. The fourth-order valence-corrected chi connectivity index (χ4v) is 3.85. The summed E-state index contributed by atoms with van der Waals surface area (Å²) in [6.45, 7) is 11.0. The Bertz CT molecular complexity index is 547. The Kier molecular flexibility index (Phi) is 3.62. The number of hydrogen-bond acceptors (Lipinski definition) is 1. The van der Waals surface area contributed by atoms with Crippen LogP contribution in [0.4, 0.5) is 0 Å². The van der Waals surface area contributed by atoms with Crippen LogP contribution >= 0.6 is 0 Å². The molecule has 1 aromatic carbocycles. The van der Waals surface area contributed by atoms with Crippen LogP contribution in [0, 0.1) is 0 Å². The van der Waals surface area contributed by atoms with Crippen LogP contribution in [0.15, 0.2) is 61.2 Å². The lowest BCUT2D eigenvalue weighted by molar-refractivity contribution is 0.0613. The van der Waals surface area contributed by atoms with Crippen molar-refractivity contribution in [2.75, 3.05) is 19.6 Å². The third-order valence-electron chi connectivity index (χ3n) is 4.74. The van der Waals surface area contributed by atoms with Gasteiger partial charge in [0.25, 0.3) is 0 Å². The molecule has 2 aliphatic rings. The maximum atomic E-state index is 3.89. The summed E-state index contributed by atoms with van der Waals surface area (Å²) in [7, 11) is 0. The number of rotatable bonds is 4. The van der Waals surface area contributed by atoms with Crippen molar-refractivity contribution in [3.05, 3.63) is 72.4 Å². The van der Waals surface area contributed by atoms with Crippen molar-refractivity contribution < 1.29 is 0 Å². The maximum Gasteiger partial charge on any atom is 0.0234 e. The summed E-state index contributed by atoms with van der Waals surface area (Å²) in [4.78, 5) is 2.53. The summed E-state index contributed by atoms with van der Waals surface area (Å²) in [5, 5.41) is 0. The van der Waals surface area contributed by atoms with Gasteiger partial charge in [-0.1, -0.05) is 55.7 Å². The van der Waals surface area contributed by atoms with Gasteiger partial charge in [-0.25, -0.2) is 0 Å². The number of aryl methyl sites for hydroxylation is 1. The average Bonchev–Trinajstić information content (AvgIpc) is 2.45. The van der Waals surface area contributed by atoms with Crippen molar-refractivity contribution >= 4 is 0 Å². The Balaban J connectivity index is 1.72. The topological polar surface area (TPSA) is 3.24 Å². The van der Waals surface area contributed by atoms with Gasteiger partial charge in [0.1, 0.15) is 0 Å². The van der Waals surface area contributed by atoms with Gasteiger partial charge < -0.3 is 0 Å². The van der Waals surface area contributed by atoms with Gasteiger partial charge >= 0.3 is 0 Å². The van der Waals surface area contributed by atoms with Crippen LogP contribution in [-0.2, 0) is 11.8 Å². The summed E-state index contributed by atoms with van der Waals surface area (Å²) in [5.74, 6) is 0. The molecule has 1 saturated heterocycles.